The quantitative estimate of drug-likeness (QED) is 0.428. The lowest BCUT2D eigenvalue weighted by Crippen LogP contribution is -2.33. The maximum absolute atomic E-state index is 12.8. The molecule has 0 aliphatic heterocycles. The Bertz CT molecular complexity index is 525. The van der Waals surface area contributed by atoms with Gasteiger partial charge in [0.15, 0.2) is 5.96 Å². The average Bonchev–Trinajstić information content (AvgIpc) is 3.23. The van der Waals surface area contributed by atoms with Crippen molar-refractivity contribution in [1.82, 2.24) is 5.32 Å². The number of alkyl halides is 3. The zero-order chi connectivity index (χ0) is 15.5. The molecular weight excluding hydrogens is 406 g/mol. The van der Waals surface area contributed by atoms with Crippen LogP contribution in [0.3, 0.4) is 0 Å². The van der Waals surface area contributed by atoms with E-state index in [0.29, 0.717) is 18.1 Å². The number of halogens is 4. The molecule has 3 N–H and O–H groups in total. The molecule has 0 saturated heterocycles. The third-order valence-corrected chi connectivity index (χ3v) is 3.76. The van der Waals surface area contributed by atoms with Crippen LogP contribution in [0, 0.1) is 0 Å². The van der Waals surface area contributed by atoms with Crippen molar-refractivity contribution in [2.45, 2.75) is 37.8 Å². The Morgan fingerprint density at radius 2 is 2.05 bits per heavy atom. The van der Waals surface area contributed by atoms with E-state index in [0.717, 1.165) is 31.9 Å². The fourth-order valence-electron chi connectivity index (χ4n) is 2.26. The number of hydrogen-bond donors (Lipinski definition) is 2. The Morgan fingerprint density at radius 3 is 2.59 bits per heavy atom. The Labute approximate surface area is 145 Å². The van der Waals surface area contributed by atoms with E-state index < -0.39 is 11.7 Å². The Kier molecular flexibility index (Phi) is 6.51. The van der Waals surface area contributed by atoms with E-state index in [1.165, 1.54) is 12.1 Å². The van der Waals surface area contributed by atoms with Crippen LogP contribution < -0.4 is 11.1 Å². The van der Waals surface area contributed by atoms with Crippen LogP contribution in [-0.2, 0) is 11.6 Å². The Hall–Kier alpha value is -0.990. The normalized spacial score (nSPS) is 16.8. The molecule has 1 aliphatic rings. The first-order valence-corrected chi connectivity index (χ1v) is 7.09. The molecule has 0 aromatic heterocycles. The molecule has 7 heteroatoms. The molecule has 22 heavy (non-hydrogen) atoms. The minimum absolute atomic E-state index is 0. The molecular formula is C15H21F3IN3. The fraction of sp³-hybridized carbons (Fsp3) is 0.533. The highest BCUT2D eigenvalue weighted by molar-refractivity contribution is 14.0. The molecule has 3 nitrogen and oxygen atoms in total. The number of nitrogens with one attached hydrogen (secondary N) is 1. The summed E-state index contributed by atoms with van der Waals surface area (Å²) >= 11 is 0. The van der Waals surface area contributed by atoms with Gasteiger partial charge in [0.1, 0.15) is 0 Å². The summed E-state index contributed by atoms with van der Waals surface area (Å²) in [6.45, 7) is 3.19. The van der Waals surface area contributed by atoms with E-state index in [-0.39, 0.29) is 29.4 Å². The van der Waals surface area contributed by atoms with E-state index in [4.69, 9.17) is 5.73 Å². The second kappa shape index (κ2) is 7.52. The van der Waals surface area contributed by atoms with Gasteiger partial charge in [-0.15, -0.1) is 24.0 Å². The lowest BCUT2D eigenvalue weighted by atomic mass is 9.94. The van der Waals surface area contributed by atoms with Crippen molar-refractivity contribution in [2.75, 3.05) is 13.1 Å². The summed E-state index contributed by atoms with van der Waals surface area (Å²) in [5.74, 6) is 0.357. The van der Waals surface area contributed by atoms with Gasteiger partial charge in [-0.05, 0) is 30.9 Å². The summed E-state index contributed by atoms with van der Waals surface area (Å²) in [6.07, 6.45) is -1.68. The van der Waals surface area contributed by atoms with Crippen molar-refractivity contribution >= 4 is 29.9 Å². The summed E-state index contributed by atoms with van der Waals surface area (Å²) < 4.78 is 38.3. The zero-order valence-corrected chi connectivity index (χ0v) is 14.7. The van der Waals surface area contributed by atoms with Crippen LogP contribution in [0.25, 0.3) is 0 Å². The molecule has 1 aromatic rings. The van der Waals surface area contributed by atoms with Crippen molar-refractivity contribution in [3.8, 4) is 0 Å². The highest BCUT2D eigenvalue weighted by atomic mass is 127. The SMILES string of the molecule is CCCNC(N)=NCC1(c2cccc(C(F)(F)F)c2)CC1.I. The Morgan fingerprint density at radius 1 is 1.36 bits per heavy atom. The fourth-order valence-corrected chi connectivity index (χ4v) is 2.26. The molecule has 0 amide bonds. The third kappa shape index (κ3) is 4.76. The Balaban J connectivity index is 0.00000242. The molecule has 124 valence electrons. The predicted octanol–water partition coefficient (Wildman–Crippen LogP) is 3.67. The molecule has 0 bridgehead atoms. The van der Waals surface area contributed by atoms with Gasteiger partial charge in [0, 0.05) is 12.0 Å². The van der Waals surface area contributed by atoms with Gasteiger partial charge in [-0.3, -0.25) is 4.99 Å². The highest BCUT2D eigenvalue weighted by Gasteiger charge is 2.45. The summed E-state index contributed by atoms with van der Waals surface area (Å²) in [5.41, 5.74) is 5.55. The number of nitrogens with two attached hydrogens (primary N) is 1. The molecule has 0 radical (unpaired) electrons. The number of benzene rings is 1. The summed E-state index contributed by atoms with van der Waals surface area (Å²) in [6, 6.07) is 5.53. The standard InChI is InChI=1S/C15H20F3N3.HI/c1-2-8-20-13(19)21-10-14(6-7-14)11-4-3-5-12(9-11)15(16,17)18;/h3-5,9H,2,6-8,10H2,1H3,(H3,19,20,21);1H. The van der Waals surface area contributed by atoms with Crippen LogP contribution in [0.4, 0.5) is 13.2 Å². The largest absolute Gasteiger partial charge is 0.416 e. The molecule has 1 aromatic carbocycles. The van der Waals surface area contributed by atoms with E-state index >= 15 is 0 Å². The molecule has 2 rings (SSSR count). The molecule has 1 fully saturated rings. The van der Waals surface area contributed by atoms with Crippen LogP contribution in [0.5, 0.6) is 0 Å². The van der Waals surface area contributed by atoms with Gasteiger partial charge in [0.25, 0.3) is 0 Å². The van der Waals surface area contributed by atoms with Gasteiger partial charge >= 0.3 is 6.18 Å². The third-order valence-electron chi connectivity index (χ3n) is 3.76. The van der Waals surface area contributed by atoms with Gasteiger partial charge in [0.05, 0.1) is 12.1 Å². The van der Waals surface area contributed by atoms with Crippen molar-refractivity contribution in [3.63, 3.8) is 0 Å². The average molecular weight is 427 g/mol. The van der Waals surface area contributed by atoms with Crippen LogP contribution in [-0.4, -0.2) is 19.0 Å². The number of rotatable bonds is 5. The van der Waals surface area contributed by atoms with E-state index in [1.807, 2.05) is 6.92 Å². The lowest BCUT2D eigenvalue weighted by molar-refractivity contribution is -0.137. The first-order valence-electron chi connectivity index (χ1n) is 7.09. The predicted molar refractivity (Wildman–Crippen MR) is 92.6 cm³/mol. The van der Waals surface area contributed by atoms with E-state index in [1.54, 1.807) is 6.07 Å². The minimum atomic E-state index is -4.31. The maximum atomic E-state index is 12.8. The number of guanidine groups is 1. The molecule has 0 spiro atoms. The van der Waals surface area contributed by atoms with Crippen molar-refractivity contribution < 1.29 is 13.2 Å². The maximum Gasteiger partial charge on any atom is 0.416 e. The van der Waals surface area contributed by atoms with Crippen molar-refractivity contribution in [3.05, 3.63) is 35.4 Å². The van der Waals surface area contributed by atoms with Crippen LogP contribution in [0.15, 0.2) is 29.3 Å². The monoisotopic (exact) mass is 427 g/mol. The second-order valence-corrected chi connectivity index (χ2v) is 5.49. The number of nitrogens with zero attached hydrogens (tertiary/aromatic N) is 1. The highest BCUT2D eigenvalue weighted by Crippen LogP contribution is 2.49. The van der Waals surface area contributed by atoms with Gasteiger partial charge in [-0.1, -0.05) is 25.1 Å². The first kappa shape index (κ1) is 19.1. The van der Waals surface area contributed by atoms with Crippen molar-refractivity contribution in [2.24, 2.45) is 10.7 Å². The zero-order valence-electron chi connectivity index (χ0n) is 12.4. The van der Waals surface area contributed by atoms with Crippen molar-refractivity contribution in [1.29, 1.82) is 0 Å². The van der Waals surface area contributed by atoms with Crippen LogP contribution in [0.2, 0.25) is 0 Å². The first-order chi connectivity index (χ1) is 9.87. The molecule has 0 unspecified atom stereocenters. The van der Waals surface area contributed by atoms with E-state index in [2.05, 4.69) is 10.3 Å². The van der Waals surface area contributed by atoms with Gasteiger partial charge in [-0.2, -0.15) is 13.2 Å². The smallest absolute Gasteiger partial charge is 0.370 e. The topological polar surface area (TPSA) is 50.4 Å². The minimum Gasteiger partial charge on any atom is -0.370 e. The van der Waals surface area contributed by atoms with Gasteiger partial charge in [-0.25, -0.2) is 0 Å². The van der Waals surface area contributed by atoms with Crippen LogP contribution >= 0.6 is 24.0 Å². The van der Waals surface area contributed by atoms with Gasteiger partial charge < -0.3 is 11.1 Å². The molecule has 0 atom stereocenters. The number of aliphatic imine (C=N–C) groups is 1. The van der Waals surface area contributed by atoms with Crippen LogP contribution in [0.1, 0.15) is 37.3 Å². The summed E-state index contributed by atoms with van der Waals surface area (Å²) in [5, 5.41) is 2.97. The summed E-state index contributed by atoms with van der Waals surface area (Å²) in [4.78, 5) is 4.27. The molecule has 0 heterocycles. The lowest BCUT2D eigenvalue weighted by Gasteiger charge is -2.16. The van der Waals surface area contributed by atoms with Gasteiger partial charge in [0.2, 0.25) is 0 Å². The number of hydrogen-bond acceptors (Lipinski definition) is 1. The molecule has 1 saturated carbocycles. The summed E-state index contributed by atoms with van der Waals surface area (Å²) in [7, 11) is 0. The molecule has 1 aliphatic carbocycles. The second-order valence-electron chi connectivity index (χ2n) is 5.49. The van der Waals surface area contributed by atoms with E-state index in [9.17, 15) is 13.2 Å².